The summed E-state index contributed by atoms with van der Waals surface area (Å²) in [6.07, 6.45) is 0.580. The molecule has 222 valence electrons. The van der Waals surface area contributed by atoms with Gasteiger partial charge in [0, 0.05) is 44.4 Å². The average molecular weight is 605 g/mol. The van der Waals surface area contributed by atoms with Crippen LogP contribution in [0.2, 0.25) is 0 Å². The molecular weight excluding hydrogens is 575 g/mol. The van der Waals surface area contributed by atoms with Crippen LogP contribution in [0.25, 0.3) is 11.0 Å². The van der Waals surface area contributed by atoms with Crippen molar-refractivity contribution >= 4 is 32.7 Å². The fraction of sp³-hybridized carbons (Fsp3) is 0.333. The zero-order valence-corrected chi connectivity index (χ0v) is 24.0. The van der Waals surface area contributed by atoms with Crippen LogP contribution in [0.15, 0.2) is 54.6 Å². The predicted octanol–water partition coefficient (Wildman–Crippen LogP) is 3.23. The summed E-state index contributed by atoms with van der Waals surface area (Å²) in [7, 11) is -3.14. The molecule has 0 amide bonds. The zero-order valence-electron chi connectivity index (χ0n) is 23.2. The number of fused-ring (bicyclic) bond motifs is 1. The van der Waals surface area contributed by atoms with Crippen molar-refractivity contribution in [3.05, 3.63) is 82.9 Å². The molecule has 0 unspecified atom stereocenters. The summed E-state index contributed by atoms with van der Waals surface area (Å²) in [5, 5.41) is 17.9. The first-order chi connectivity index (χ1) is 20.7. The molecule has 11 nitrogen and oxygen atoms in total. The van der Waals surface area contributed by atoms with E-state index < -0.39 is 26.9 Å². The zero-order chi connectivity index (χ0) is 30.1. The number of anilines is 1. The van der Waals surface area contributed by atoms with Gasteiger partial charge in [0.25, 0.3) is 0 Å². The third kappa shape index (κ3) is 6.02. The minimum atomic E-state index is -3.14. The minimum Gasteiger partial charge on any atom is -0.478 e. The van der Waals surface area contributed by atoms with Gasteiger partial charge in [0.2, 0.25) is 5.88 Å². The van der Waals surface area contributed by atoms with E-state index in [-0.39, 0.29) is 30.0 Å². The molecule has 13 heteroatoms. The number of rotatable bonds is 9. The number of ether oxygens (including phenoxy) is 1. The maximum Gasteiger partial charge on any atom is 0.335 e. The van der Waals surface area contributed by atoms with Crippen LogP contribution in [0, 0.1) is 17.1 Å². The van der Waals surface area contributed by atoms with Crippen molar-refractivity contribution in [1.29, 1.82) is 5.26 Å². The van der Waals surface area contributed by atoms with Crippen molar-refractivity contribution in [2.24, 2.45) is 0 Å². The van der Waals surface area contributed by atoms with Crippen molar-refractivity contribution in [1.82, 2.24) is 19.4 Å². The van der Waals surface area contributed by atoms with Gasteiger partial charge < -0.3 is 19.3 Å². The van der Waals surface area contributed by atoms with E-state index in [2.05, 4.69) is 14.8 Å². The van der Waals surface area contributed by atoms with Crippen molar-refractivity contribution in [2.75, 3.05) is 36.8 Å². The summed E-state index contributed by atoms with van der Waals surface area (Å²) in [5.74, 6) is 0.431. The Morgan fingerprint density at radius 3 is 2.58 bits per heavy atom. The number of hydrogen-bond donors (Lipinski definition) is 1. The predicted molar refractivity (Wildman–Crippen MR) is 156 cm³/mol. The van der Waals surface area contributed by atoms with Gasteiger partial charge in [-0.3, -0.25) is 4.90 Å². The maximum atomic E-state index is 14.2. The standard InChI is InChI=1S/C30H29FN6O5S/c31-24-14-20(16-32)4-5-22(24)19-42-29-3-1-2-27(34-29)36-11-9-35(10-12-36)18-28-33-25-7-6-21(30(38)39)15-26(25)37(28)17-23-8-13-43(23,40)41/h1-7,14-15,23H,8-13,17-19H2,(H,38,39)/t23-/m0/s1. The van der Waals surface area contributed by atoms with E-state index in [1.165, 1.54) is 18.2 Å². The molecule has 0 spiro atoms. The Bertz CT molecular complexity index is 1850. The Labute approximate surface area is 247 Å². The molecule has 2 saturated heterocycles. The lowest BCUT2D eigenvalue weighted by atomic mass is 10.1. The minimum absolute atomic E-state index is 0.0150. The number of sulfone groups is 1. The Morgan fingerprint density at radius 2 is 1.91 bits per heavy atom. The van der Waals surface area contributed by atoms with E-state index in [0.29, 0.717) is 67.4 Å². The molecule has 2 aromatic carbocycles. The third-order valence-corrected chi connectivity index (χ3v) is 10.2. The molecule has 2 aromatic heterocycles. The second kappa shape index (κ2) is 11.6. The number of benzene rings is 2. The van der Waals surface area contributed by atoms with Crippen LogP contribution in [0.1, 0.15) is 33.7 Å². The molecular formula is C30H29FN6O5S. The molecule has 1 N–H and O–H groups in total. The second-order valence-electron chi connectivity index (χ2n) is 10.7. The number of hydrogen-bond acceptors (Lipinski definition) is 9. The largest absolute Gasteiger partial charge is 0.478 e. The summed E-state index contributed by atoms with van der Waals surface area (Å²) in [5.41, 5.74) is 1.97. The van der Waals surface area contributed by atoms with E-state index in [0.717, 1.165) is 5.82 Å². The van der Waals surface area contributed by atoms with Gasteiger partial charge in [-0.2, -0.15) is 10.2 Å². The van der Waals surface area contributed by atoms with Crippen LogP contribution in [0.4, 0.5) is 10.2 Å². The highest BCUT2D eigenvalue weighted by atomic mass is 32.2. The lowest BCUT2D eigenvalue weighted by molar-refractivity contribution is 0.0697. The highest BCUT2D eigenvalue weighted by Gasteiger charge is 2.36. The fourth-order valence-corrected chi connectivity index (χ4v) is 6.73. The molecule has 2 aliphatic heterocycles. The average Bonchev–Trinajstić information content (AvgIpc) is 3.34. The number of carbonyl (C=O) groups is 1. The first-order valence-electron chi connectivity index (χ1n) is 13.9. The quantitative estimate of drug-likeness (QED) is 0.303. The highest BCUT2D eigenvalue weighted by Crippen LogP contribution is 2.27. The van der Waals surface area contributed by atoms with Crippen molar-refractivity contribution < 1.29 is 27.4 Å². The topological polar surface area (TPSA) is 142 Å². The van der Waals surface area contributed by atoms with Gasteiger partial charge >= 0.3 is 5.97 Å². The van der Waals surface area contributed by atoms with Crippen LogP contribution in [0.5, 0.6) is 5.88 Å². The summed E-state index contributed by atoms with van der Waals surface area (Å²) in [6, 6.07) is 16.3. The summed E-state index contributed by atoms with van der Waals surface area (Å²) < 4.78 is 46.5. The number of aromatic nitrogens is 3. The fourth-order valence-electron chi connectivity index (χ4n) is 5.40. The van der Waals surface area contributed by atoms with Crippen LogP contribution in [-0.2, 0) is 29.5 Å². The van der Waals surface area contributed by atoms with Gasteiger partial charge in [0.15, 0.2) is 9.84 Å². The lowest BCUT2D eigenvalue weighted by Crippen LogP contribution is -2.46. The third-order valence-electron chi connectivity index (χ3n) is 8.02. The normalized spacial score (nSPS) is 18.2. The number of pyridine rings is 1. The van der Waals surface area contributed by atoms with Gasteiger partial charge in [0.05, 0.1) is 45.8 Å². The van der Waals surface area contributed by atoms with E-state index in [4.69, 9.17) is 15.0 Å². The number of piperazine rings is 1. The second-order valence-corrected chi connectivity index (χ2v) is 13.1. The summed E-state index contributed by atoms with van der Waals surface area (Å²) >= 11 is 0. The van der Waals surface area contributed by atoms with E-state index in [9.17, 15) is 22.7 Å². The smallest absolute Gasteiger partial charge is 0.335 e. The van der Waals surface area contributed by atoms with Crippen molar-refractivity contribution in [2.45, 2.75) is 31.4 Å². The van der Waals surface area contributed by atoms with Crippen LogP contribution < -0.4 is 9.64 Å². The lowest BCUT2D eigenvalue weighted by Gasteiger charge is -2.35. The van der Waals surface area contributed by atoms with Crippen molar-refractivity contribution in [3.8, 4) is 11.9 Å². The molecule has 0 bridgehead atoms. The highest BCUT2D eigenvalue weighted by molar-refractivity contribution is 7.93. The SMILES string of the molecule is N#Cc1ccc(COc2cccc(N3CCN(Cc4nc5ccc(C(=O)O)cc5n4C[C@@H]4CCS4(=O)=O)CC3)n2)c(F)c1. The molecule has 1 atom stereocenters. The van der Waals surface area contributed by atoms with Crippen LogP contribution in [-0.4, -0.2) is 76.1 Å². The number of imidazole rings is 1. The van der Waals surface area contributed by atoms with Crippen LogP contribution in [0.3, 0.4) is 0 Å². The monoisotopic (exact) mass is 604 g/mol. The number of aromatic carboxylic acids is 1. The van der Waals surface area contributed by atoms with Gasteiger partial charge in [-0.1, -0.05) is 12.1 Å². The number of carboxylic acids is 1. The molecule has 4 aromatic rings. The molecule has 43 heavy (non-hydrogen) atoms. The Morgan fingerprint density at radius 1 is 1.09 bits per heavy atom. The maximum absolute atomic E-state index is 14.2. The van der Waals surface area contributed by atoms with E-state index in [1.807, 2.05) is 22.8 Å². The van der Waals surface area contributed by atoms with Gasteiger partial charge in [-0.25, -0.2) is 22.6 Å². The number of halogens is 1. The van der Waals surface area contributed by atoms with E-state index >= 15 is 0 Å². The molecule has 6 rings (SSSR count). The number of nitrogens with zero attached hydrogens (tertiary/aromatic N) is 6. The molecule has 0 saturated carbocycles. The first-order valence-corrected chi connectivity index (χ1v) is 15.6. The molecule has 4 heterocycles. The molecule has 2 fully saturated rings. The Balaban J connectivity index is 1.12. The molecule has 2 aliphatic rings. The van der Waals surface area contributed by atoms with Gasteiger partial charge in [-0.05, 0) is 42.8 Å². The number of carboxylic acid groups (broad SMARTS) is 1. The Hall–Kier alpha value is -4.54. The van der Waals surface area contributed by atoms with Crippen LogP contribution >= 0.6 is 0 Å². The van der Waals surface area contributed by atoms with Gasteiger partial charge in [-0.15, -0.1) is 0 Å². The summed E-state index contributed by atoms with van der Waals surface area (Å²) in [6.45, 7) is 3.49. The molecule has 0 aliphatic carbocycles. The first kappa shape index (κ1) is 28.6. The van der Waals surface area contributed by atoms with Gasteiger partial charge in [0.1, 0.15) is 24.1 Å². The molecule has 0 radical (unpaired) electrons. The number of nitriles is 1. The van der Waals surface area contributed by atoms with E-state index in [1.54, 1.807) is 24.3 Å². The summed E-state index contributed by atoms with van der Waals surface area (Å²) in [4.78, 5) is 25.3. The van der Waals surface area contributed by atoms with Crippen molar-refractivity contribution in [3.63, 3.8) is 0 Å². The Kier molecular flexibility index (Phi) is 7.72.